The lowest BCUT2D eigenvalue weighted by molar-refractivity contribution is 0.136. The Labute approximate surface area is 83.9 Å². The molecule has 0 aromatic carbocycles. The second kappa shape index (κ2) is 3.38. The first-order valence-corrected chi connectivity index (χ1v) is 3.86. The average Bonchev–Trinajstić information content (AvgIpc) is 1.81. The molecule has 1 aliphatic heterocycles. The van der Waals surface area contributed by atoms with E-state index in [9.17, 15) is 0 Å². The summed E-state index contributed by atoms with van der Waals surface area (Å²) in [6.45, 7) is 0.403. The molecule has 10 heavy (non-hydrogen) atoms. The van der Waals surface area contributed by atoms with Gasteiger partial charge in [-0.25, -0.2) is 0 Å². The van der Waals surface area contributed by atoms with Crippen molar-refractivity contribution in [2.45, 2.75) is 15.3 Å². The molecule has 1 aliphatic rings. The molecule has 1 saturated heterocycles. The van der Waals surface area contributed by atoms with Gasteiger partial charge >= 0.3 is 0 Å². The molecule has 0 amide bonds. The van der Waals surface area contributed by atoms with Gasteiger partial charge in [-0.15, -0.1) is 0 Å². The largest absolute Gasteiger partial charge is 0.344 e. The molecule has 0 aromatic heterocycles. The van der Waals surface area contributed by atoms with Gasteiger partial charge in [-0.1, -0.05) is 46.4 Å². The Morgan fingerprint density at radius 2 is 1.60 bits per heavy atom. The van der Waals surface area contributed by atoms with E-state index in [1.807, 2.05) is 0 Å². The van der Waals surface area contributed by atoms with Crippen LogP contribution in [-0.2, 0) is 4.74 Å². The van der Waals surface area contributed by atoms with E-state index < -0.39 is 8.85 Å². The van der Waals surface area contributed by atoms with Crippen LogP contribution in [0, 0.1) is 0 Å². The highest BCUT2D eigenvalue weighted by Gasteiger charge is 2.52. The van der Waals surface area contributed by atoms with E-state index in [0.717, 1.165) is 0 Å². The molecule has 6 heteroatoms. The van der Waals surface area contributed by atoms with Gasteiger partial charge in [0, 0.05) is 17.4 Å². The van der Waals surface area contributed by atoms with Crippen molar-refractivity contribution in [2.24, 2.45) is 0 Å². The Balaban J connectivity index is 0.000000810. The maximum Gasteiger partial charge on any atom is 0.251 e. The number of hydrogen-bond acceptors (Lipinski definition) is 1. The summed E-state index contributed by atoms with van der Waals surface area (Å²) < 4.78 is 2.23. The molecule has 0 atom stereocenters. The number of hydrogen-bond donors (Lipinski definition) is 0. The van der Waals surface area contributed by atoms with E-state index in [4.69, 9.17) is 51.1 Å². The van der Waals surface area contributed by atoms with Crippen molar-refractivity contribution < 1.29 is 4.74 Å². The van der Waals surface area contributed by atoms with E-state index in [-0.39, 0.29) is 11.0 Å². The predicted molar refractivity (Wildman–Crippen MR) is 45.2 cm³/mol. The molecule has 4 radical (unpaired) electrons. The van der Waals surface area contributed by atoms with Crippen LogP contribution in [0.25, 0.3) is 0 Å². The standard InChI is InChI=1S/C4H4Cl4O.Si/c5-3(6)1-2-9-4(3,7)8;/h1-2H2;. The minimum absolute atomic E-state index is 0. The summed E-state index contributed by atoms with van der Waals surface area (Å²) in [4.78, 5) is 0. The van der Waals surface area contributed by atoms with Gasteiger partial charge in [-0.3, -0.25) is 0 Å². The fourth-order valence-corrected chi connectivity index (χ4v) is 1.17. The average molecular weight is 238 g/mol. The van der Waals surface area contributed by atoms with Gasteiger partial charge in [0.05, 0.1) is 6.61 Å². The first kappa shape index (κ1) is 11.3. The van der Waals surface area contributed by atoms with Gasteiger partial charge in [0.15, 0.2) is 4.33 Å². The SMILES string of the molecule is ClC1(Cl)CCOC1(Cl)Cl.[Si]. The molecule has 1 rings (SSSR count). The molecule has 0 unspecified atom stereocenters. The highest BCUT2D eigenvalue weighted by molar-refractivity contribution is 6.61. The summed E-state index contributed by atoms with van der Waals surface area (Å²) in [5, 5.41) is 0. The Bertz CT molecular complexity index is 112. The van der Waals surface area contributed by atoms with E-state index in [1.54, 1.807) is 0 Å². The van der Waals surface area contributed by atoms with Crippen LogP contribution in [0.2, 0.25) is 0 Å². The quantitative estimate of drug-likeness (QED) is 0.464. The molecule has 1 heterocycles. The molecule has 0 aromatic rings. The minimum atomic E-state index is -1.43. The van der Waals surface area contributed by atoms with Crippen LogP contribution in [-0.4, -0.2) is 26.4 Å². The maximum atomic E-state index is 5.64. The van der Waals surface area contributed by atoms with Crippen LogP contribution in [0.4, 0.5) is 0 Å². The summed E-state index contributed by atoms with van der Waals surface area (Å²) in [6, 6.07) is 0. The highest BCUT2D eigenvalue weighted by atomic mass is 35.5. The van der Waals surface area contributed by atoms with Crippen LogP contribution in [0.15, 0.2) is 0 Å². The summed E-state index contributed by atoms with van der Waals surface area (Å²) in [5.74, 6) is 0. The van der Waals surface area contributed by atoms with Gasteiger partial charge in [-0.05, 0) is 0 Å². The summed E-state index contributed by atoms with van der Waals surface area (Å²) in [7, 11) is 0. The van der Waals surface area contributed by atoms with Gasteiger partial charge < -0.3 is 4.74 Å². The molecule has 1 fully saturated rings. The first-order chi connectivity index (χ1) is 3.96. The molecule has 0 saturated carbocycles. The maximum absolute atomic E-state index is 5.64. The van der Waals surface area contributed by atoms with Crippen LogP contribution >= 0.6 is 46.4 Å². The highest BCUT2D eigenvalue weighted by Crippen LogP contribution is 2.50. The summed E-state index contributed by atoms with van der Waals surface area (Å²) >= 11 is 22.3. The second-order valence-electron chi connectivity index (χ2n) is 1.82. The third-order valence-corrected chi connectivity index (χ3v) is 3.29. The zero-order valence-electron chi connectivity index (χ0n) is 4.83. The molecule has 1 nitrogen and oxygen atoms in total. The molecule has 58 valence electrons. The number of ether oxygens (including phenoxy) is 1. The Kier molecular flexibility index (Phi) is 3.83. The number of alkyl halides is 4. The van der Waals surface area contributed by atoms with E-state index in [2.05, 4.69) is 0 Å². The number of rotatable bonds is 0. The van der Waals surface area contributed by atoms with Crippen LogP contribution in [0.3, 0.4) is 0 Å². The lowest BCUT2D eigenvalue weighted by Crippen LogP contribution is -2.30. The molecule has 0 aliphatic carbocycles. The first-order valence-electron chi connectivity index (χ1n) is 2.35. The monoisotopic (exact) mass is 236 g/mol. The summed E-state index contributed by atoms with van der Waals surface area (Å²) in [5.41, 5.74) is 0. The smallest absolute Gasteiger partial charge is 0.251 e. The Hall–Kier alpha value is 1.34. The predicted octanol–water partition coefficient (Wildman–Crippen LogP) is 2.33. The zero-order valence-corrected chi connectivity index (χ0v) is 8.86. The van der Waals surface area contributed by atoms with Crippen molar-refractivity contribution in [3.05, 3.63) is 0 Å². The van der Waals surface area contributed by atoms with Crippen molar-refractivity contribution in [1.82, 2.24) is 0 Å². The van der Waals surface area contributed by atoms with Crippen molar-refractivity contribution in [1.29, 1.82) is 0 Å². The second-order valence-corrected chi connectivity index (χ2v) is 4.56. The number of halogens is 4. The zero-order chi connectivity index (χ0) is 7.12. The molecular formula is C4H4Cl4OSi. The van der Waals surface area contributed by atoms with Gasteiger partial charge in [-0.2, -0.15) is 0 Å². The van der Waals surface area contributed by atoms with Crippen molar-refractivity contribution in [3.8, 4) is 0 Å². The summed E-state index contributed by atoms with van der Waals surface area (Å²) in [6.07, 6.45) is 0.461. The topological polar surface area (TPSA) is 9.23 Å². The van der Waals surface area contributed by atoms with E-state index in [1.165, 1.54) is 0 Å². The van der Waals surface area contributed by atoms with Gasteiger partial charge in [0.25, 0.3) is 4.52 Å². The van der Waals surface area contributed by atoms with Crippen LogP contribution < -0.4 is 0 Å². The lowest BCUT2D eigenvalue weighted by Gasteiger charge is -2.22. The fourth-order valence-electron chi connectivity index (χ4n) is 0.559. The lowest BCUT2D eigenvalue weighted by atomic mass is 10.4. The Morgan fingerprint density at radius 1 is 1.10 bits per heavy atom. The van der Waals surface area contributed by atoms with Gasteiger partial charge in [0.2, 0.25) is 0 Å². The van der Waals surface area contributed by atoms with Crippen molar-refractivity contribution >= 4 is 57.4 Å². The molecular weight excluding hydrogens is 234 g/mol. The minimum Gasteiger partial charge on any atom is -0.344 e. The Morgan fingerprint density at radius 3 is 1.70 bits per heavy atom. The van der Waals surface area contributed by atoms with Crippen LogP contribution in [0.1, 0.15) is 6.42 Å². The van der Waals surface area contributed by atoms with Crippen molar-refractivity contribution in [3.63, 3.8) is 0 Å². The fraction of sp³-hybridized carbons (Fsp3) is 1.00. The third-order valence-electron chi connectivity index (χ3n) is 1.13. The van der Waals surface area contributed by atoms with Crippen molar-refractivity contribution in [2.75, 3.05) is 6.61 Å². The van der Waals surface area contributed by atoms with Crippen LogP contribution in [0.5, 0.6) is 0 Å². The van der Waals surface area contributed by atoms with E-state index in [0.29, 0.717) is 13.0 Å². The van der Waals surface area contributed by atoms with E-state index >= 15 is 0 Å². The van der Waals surface area contributed by atoms with Gasteiger partial charge in [0.1, 0.15) is 0 Å². The third kappa shape index (κ3) is 1.93. The molecule has 0 bridgehead atoms. The molecule has 0 spiro atoms. The normalized spacial score (nSPS) is 27.6. The molecule has 0 N–H and O–H groups in total.